The second kappa shape index (κ2) is 8.10. The molecule has 0 unspecified atom stereocenters. The standard InChI is InChI=1S/C22H24N2O3S/c1-5-27-19(25)14-24-17-8-6-7-9-18(17)28-21(24)23-20(26)15-10-12-16(13-11-15)22(2,3)4/h6-13H,5,14H2,1-4H3. The van der Waals surface area contributed by atoms with E-state index in [1.807, 2.05) is 36.4 Å². The average molecular weight is 397 g/mol. The van der Waals surface area contributed by atoms with E-state index in [0.717, 1.165) is 15.8 Å². The molecule has 0 aliphatic heterocycles. The molecule has 0 fully saturated rings. The predicted molar refractivity (Wildman–Crippen MR) is 111 cm³/mol. The molecule has 0 bridgehead atoms. The molecule has 146 valence electrons. The van der Waals surface area contributed by atoms with Gasteiger partial charge in [-0.1, -0.05) is 56.4 Å². The van der Waals surface area contributed by atoms with Crippen molar-refractivity contribution in [2.45, 2.75) is 39.7 Å². The molecular formula is C22H24N2O3S. The monoisotopic (exact) mass is 396 g/mol. The van der Waals surface area contributed by atoms with E-state index in [0.29, 0.717) is 17.0 Å². The van der Waals surface area contributed by atoms with Gasteiger partial charge in [0.15, 0.2) is 4.80 Å². The molecule has 0 saturated heterocycles. The van der Waals surface area contributed by atoms with Crippen LogP contribution in [0.4, 0.5) is 0 Å². The first-order valence-corrected chi connectivity index (χ1v) is 10.0. The zero-order valence-electron chi connectivity index (χ0n) is 16.6. The predicted octanol–water partition coefficient (Wildman–Crippen LogP) is 4.30. The zero-order valence-corrected chi connectivity index (χ0v) is 17.4. The highest BCUT2D eigenvalue weighted by Crippen LogP contribution is 2.22. The summed E-state index contributed by atoms with van der Waals surface area (Å²) in [5.41, 5.74) is 2.55. The fraction of sp³-hybridized carbons (Fsp3) is 0.318. The van der Waals surface area contributed by atoms with Crippen molar-refractivity contribution >= 4 is 33.4 Å². The minimum atomic E-state index is -0.352. The molecular weight excluding hydrogens is 372 g/mol. The molecule has 1 amide bonds. The lowest BCUT2D eigenvalue weighted by Crippen LogP contribution is -2.23. The number of amides is 1. The van der Waals surface area contributed by atoms with Crippen molar-refractivity contribution in [2.75, 3.05) is 6.61 Å². The first kappa shape index (κ1) is 20.0. The van der Waals surface area contributed by atoms with Crippen molar-refractivity contribution < 1.29 is 14.3 Å². The van der Waals surface area contributed by atoms with Crippen LogP contribution in [0, 0.1) is 0 Å². The number of nitrogens with zero attached hydrogens (tertiary/aromatic N) is 2. The van der Waals surface area contributed by atoms with E-state index in [1.165, 1.54) is 11.3 Å². The molecule has 28 heavy (non-hydrogen) atoms. The molecule has 1 aromatic heterocycles. The highest BCUT2D eigenvalue weighted by Gasteiger charge is 2.15. The summed E-state index contributed by atoms with van der Waals surface area (Å²) in [6.45, 7) is 8.49. The fourth-order valence-corrected chi connectivity index (χ4v) is 3.89. The third-order valence-electron chi connectivity index (χ3n) is 4.38. The molecule has 2 aromatic carbocycles. The summed E-state index contributed by atoms with van der Waals surface area (Å²) in [5.74, 6) is -0.681. The van der Waals surface area contributed by atoms with Crippen LogP contribution in [0.5, 0.6) is 0 Å². The Morgan fingerprint density at radius 1 is 1.07 bits per heavy atom. The summed E-state index contributed by atoms with van der Waals surface area (Å²) in [5, 5.41) is 0. The molecule has 0 aliphatic carbocycles. The van der Waals surface area contributed by atoms with Gasteiger partial charge in [0.25, 0.3) is 5.91 Å². The van der Waals surface area contributed by atoms with Crippen LogP contribution in [0.1, 0.15) is 43.6 Å². The van der Waals surface area contributed by atoms with Crippen molar-refractivity contribution in [3.63, 3.8) is 0 Å². The van der Waals surface area contributed by atoms with Crippen molar-refractivity contribution in [1.29, 1.82) is 0 Å². The van der Waals surface area contributed by atoms with Gasteiger partial charge < -0.3 is 9.30 Å². The summed E-state index contributed by atoms with van der Waals surface area (Å²) in [7, 11) is 0. The Morgan fingerprint density at radius 2 is 1.75 bits per heavy atom. The number of aromatic nitrogens is 1. The van der Waals surface area contributed by atoms with E-state index in [2.05, 4.69) is 25.8 Å². The average Bonchev–Trinajstić information content (AvgIpc) is 2.98. The van der Waals surface area contributed by atoms with Crippen molar-refractivity contribution in [3.8, 4) is 0 Å². The van der Waals surface area contributed by atoms with Gasteiger partial charge in [0.1, 0.15) is 6.54 Å². The number of carbonyl (C=O) groups excluding carboxylic acids is 2. The first-order valence-electron chi connectivity index (χ1n) is 9.23. The Morgan fingerprint density at radius 3 is 2.39 bits per heavy atom. The van der Waals surface area contributed by atoms with Gasteiger partial charge in [0, 0.05) is 5.56 Å². The van der Waals surface area contributed by atoms with Gasteiger partial charge in [-0.2, -0.15) is 4.99 Å². The summed E-state index contributed by atoms with van der Waals surface area (Å²) in [6.07, 6.45) is 0. The number of hydrogen-bond acceptors (Lipinski definition) is 4. The maximum absolute atomic E-state index is 12.7. The zero-order chi connectivity index (χ0) is 20.3. The molecule has 5 nitrogen and oxygen atoms in total. The second-order valence-corrected chi connectivity index (χ2v) is 8.50. The fourth-order valence-electron chi connectivity index (χ4n) is 2.86. The molecule has 0 atom stereocenters. The quantitative estimate of drug-likeness (QED) is 0.618. The number of fused-ring (bicyclic) bond motifs is 1. The van der Waals surface area contributed by atoms with E-state index in [1.54, 1.807) is 23.6 Å². The van der Waals surface area contributed by atoms with Crippen LogP contribution in [0.3, 0.4) is 0 Å². The van der Waals surface area contributed by atoms with Crippen LogP contribution in [-0.4, -0.2) is 23.1 Å². The number of thiazole rings is 1. The number of rotatable bonds is 4. The van der Waals surface area contributed by atoms with Gasteiger partial charge in [0.2, 0.25) is 0 Å². The second-order valence-electron chi connectivity index (χ2n) is 7.49. The number of esters is 1. The molecule has 0 aliphatic rings. The lowest BCUT2D eigenvalue weighted by molar-refractivity contribution is -0.143. The van der Waals surface area contributed by atoms with E-state index in [9.17, 15) is 9.59 Å². The molecule has 1 heterocycles. The molecule has 0 N–H and O–H groups in total. The molecule has 0 spiro atoms. The number of hydrogen-bond donors (Lipinski definition) is 0. The Kier molecular flexibility index (Phi) is 5.79. The first-order chi connectivity index (χ1) is 13.3. The molecule has 6 heteroatoms. The topological polar surface area (TPSA) is 60.7 Å². The maximum atomic E-state index is 12.7. The number of benzene rings is 2. The summed E-state index contributed by atoms with van der Waals surface area (Å²) < 4.78 is 7.77. The Labute approximate surface area is 168 Å². The van der Waals surface area contributed by atoms with Crippen molar-refractivity contribution in [1.82, 2.24) is 4.57 Å². The van der Waals surface area contributed by atoms with Crippen LogP contribution < -0.4 is 4.80 Å². The highest BCUT2D eigenvalue weighted by molar-refractivity contribution is 7.16. The molecule has 0 saturated carbocycles. The van der Waals surface area contributed by atoms with Gasteiger partial charge in [-0.05, 0) is 42.2 Å². The van der Waals surface area contributed by atoms with Crippen LogP contribution in [0.2, 0.25) is 0 Å². The minimum Gasteiger partial charge on any atom is -0.465 e. The smallest absolute Gasteiger partial charge is 0.326 e. The van der Waals surface area contributed by atoms with E-state index < -0.39 is 0 Å². The van der Waals surface area contributed by atoms with Crippen molar-refractivity contribution in [3.05, 3.63) is 64.5 Å². The van der Waals surface area contributed by atoms with Crippen LogP contribution in [0.25, 0.3) is 10.2 Å². The molecule has 3 aromatic rings. The largest absolute Gasteiger partial charge is 0.465 e. The SMILES string of the molecule is CCOC(=O)Cn1c(=NC(=O)c2ccc(C(C)(C)C)cc2)sc2ccccc21. The summed E-state index contributed by atoms with van der Waals surface area (Å²) in [6, 6.07) is 15.2. The number of carbonyl (C=O) groups is 2. The van der Waals surface area contributed by atoms with Crippen LogP contribution in [0.15, 0.2) is 53.5 Å². The van der Waals surface area contributed by atoms with Crippen molar-refractivity contribution in [2.24, 2.45) is 4.99 Å². The van der Waals surface area contributed by atoms with Gasteiger partial charge in [-0.3, -0.25) is 9.59 Å². The lowest BCUT2D eigenvalue weighted by atomic mass is 9.87. The molecule has 0 radical (unpaired) electrons. The Balaban J connectivity index is 2.00. The van der Waals surface area contributed by atoms with Crippen LogP contribution in [-0.2, 0) is 21.5 Å². The summed E-state index contributed by atoms with van der Waals surface area (Å²) in [4.78, 5) is 29.5. The molecule has 3 rings (SSSR count). The van der Waals surface area contributed by atoms with Gasteiger partial charge in [0.05, 0.1) is 16.8 Å². The summed E-state index contributed by atoms with van der Waals surface area (Å²) >= 11 is 1.38. The van der Waals surface area contributed by atoms with E-state index >= 15 is 0 Å². The minimum absolute atomic E-state index is 0.0207. The van der Waals surface area contributed by atoms with Crippen LogP contribution >= 0.6 is 11.3 Å². The highest BCUT2D eigenvalue weighted by atomic mass is 32.1. The Bertz CT molecular complexity index is 1070. The van der Waals surface area contributed by atoms with Gasteiger partial charge in [-0.25, -0.2) is 0 Å². The third kappa shape index (κ3) is 4.39. The normalized spacial score (nSPS) is 12.4. The third-order valence-corrected chi connectivity index (χ3v) is 5.44. The number of ether oxygens (including phenoxy) is 1. The van der Waals surface area contributed by atoms with Gasteiger partial charge in [-0.15, -0.1) is 0 Å². The number of para-hydroxylation sites is 1. The maximum Gasteiger partial charge on any atom is 0.326 e. The lowest BCUT2D eigenvalue weighted by Gasteiger charge is -2.18. The van der Waals surface area contributed by atoms with E-state index in [-0.39, 0.29) is 23.8 Å². The van der Waals surface area contributed by atoms with Gasteiger partial charge >= 0.3 is 5.97 Å². The Hall–Kier alpha value is -2.73. The van der Waals surface area contributed by atoms with E-state index in [4.69, 9.17) is 4.74 Å².